The van der Waals surface area contributed by atoms with Crippen molar-refractivity contribution in [3.05, 3.63) is 0 Å². The van der Waals surface area contributed by atoms with Crippen LogP contribution >= 0.6 is 0 Å². The average Bonchev–Trinajstić information content (AvgIpc) is 2.49. The molecule has 1 unspecified atom stereocenters. The molecule has 2 bridgehead atoms. The molecule has 0 aromatic heterocycles. The fourth-order valence-corrected chi connectivity index (χ4v) is 3.52. The summed E-state index contributed by atoms with van der Waals surface area (Å²) in [6.45, 7) is 4.04. The highest BCUT2D eigenvalue weighted by Gasteiger charge is 2.71. The molecule has 0 radical (unpaired) electrons. The van der Waals surface area contributed by atoms with Crippen LogP contribution in [0.3, 0.4) is 0 Å². The molecule has 1 aliphatic carbocycles. The van der Waals surface area contributed by atoms with E-state index in [4.69, 9.17) is 9.47 Å². The molecule has 84 valence electrons. The van der Waals surface area contributed by atoms with Crippen molar-refractivity contribution in [3.8, 4) is 0 Å². The van der Waals surface area contributed by atoms with Gasteiger partial charge in [0.05, 0.1) is 24.2 Å². The number of hydrogen-bond donors (Lipinski definition) is 1. The van der Waals surface area contributed by atoms with E-state index in [1.807, 2.05) is 0 Å². The lowest BCUT2D eigenvalue weighted by Crippen LogP contribution is -2.56. The smallest absolute Gasteiger partial charge is 0.314 e. The minimum Gasteiger partial charge on any atom is -0.469 e. The Morgan fingerprint density at radius 3 is 2.60 bits per heavy atom. The maximum absolute atomic E-state index is 11.8. The third-order valence-corrected chi connectivity index (χ3v) is 4.17. The summed E-state index contributed by atoms with van der Waals surface area (Å²) in [7, 11) is 1.47. The molecule has 4 fully saturated rings. The molecule has 4 heteroatoms. The molecular formula is C11H17NO3. The molecule has 0 aromatic rings. The van der Waals surface area contributed by atoms with E-state index in [0.717, 1.165) is 25.9 Å². The topological polar surface area (TPSA) is 47.6 Å². The van der Waals surface area contributed by atoms with Gasteiger partial charge in [-0.15, -0.1) is 0 Å². The maximum atomic E-state index is 11.8. The van der Waals surface area contributed by atoms with E-state index in [1.165, 1.54) is 7.11 Å². The van der Waals surface area contributed by atoms with Gasteiger partial charge in [0.15, 0.2) is 0 Å². The van der Waals surface area contributed by atoms with Crippen LogP contribution in [0.25, 0.3) is 0 Å². The Morgan fingerprint density at radius 2 is 2.13 bits per heavy atom. The van der Waals surface area contributed by atoms with Gasteiger partial charge in [-0.2, -0.15) is 0 Å². The number of hydrogen-bond acceptors (Lipinski definition) is 4. The molecule has 4 rings (SSSR count). The van der Waals surface area contributed by atoms with Gasteiger partial charge in [-0.1, -0.05) is 0 Å². The summed E-state index contributed by atoms with van der Waals surface area (Å²) in [5.74, 6) is 0.419. The Morgan fingerprint density at radius 1 is 1.47 bits per heavy atom. The monoisotopic (exact) mass is 211 g/mol. The van der Waals surface area contributed by atoms with E-state index in [0.29, 0.717) is 5.92 Å². The van der Waals surface area contributed by atoms with Crippen LogP contribution < -0.4 is 5.32 Å². The molecule has 0 amide bonds. The molecule has 4 aliphatic rings. The zero-order valence-corrected chi connectivity index (χ0v) is 9.21. The van der Waals surface area contributed by atoms with Crippen molar-refractivity contribution in [1.29, 1.82) is 0 Å². The van der Waals surface area contributed by atoms with Crippen LogP contribution in [0.4, 0.5) is 0 Å². The fraction of sp³-hybridized carbons (Fsp3) is 0.909. The second kappa shape index (κ2) is 2.74. The van der Waals surface area contributed by atoms with E-state index >= 15 is 0 Å². The van der Waals surface area contributed by atoms with Gasteiger partial charge in [-0.05, 0) is 19.8 Å². The van der Waals surface area contributed by atoms with Gasteiger partial charge in [0.1, 0.15) is 0 Å². The number of carbonyl (C=O) groups is 1. The first-order valence-corrected chi connectivity index (χ1v) is 5.57. The lowest BCUT2D eigenvalue weighted by Gasteiger charge is -2.43. The van der Waals surface area contributed by atoms with Crippen molar-refractivity contribution in [2.24, 2.45) is 11.3 Å². The van der Waals surface area contributed by atoms with Crippen LogP contribution in [-0.2, 0) is 14.3 Å². The molecule has 1 saturated carbocycles. The van der Waals surface area contributed by atoms with E-state index < -0.39 is 0 Å². The van der Waals surface area contributed by atoms with Crippen molar-refractivity contribution in [2.45, 2.75) is 31.5 Å². The van der Waals surface area contributed by atoms with Crippen LogP contribution in [-0.4, -0.2) is 37.9 Å². The van der Waals surface area contributed by atoms with E-state index in [9.17, 15) is 4.79 Å². The third-order valence-electron chi connectivity index (χ3n) is 4.17. The minimum absolute atomic E-state index is 0.0611. The van der Waals surface area contributed by atoms with Crippen molar-refractivity contribution in [2.75, 3.05) is 20.2 Å². The lowest BCUT2D eigenvalue weighted by molar-refractivity contribution is -0.159. The molecular weight excluding hydrogens is 194 g/mol. The quantitative estimate of drug-likeness (QED) is 0.668. The van der Waals surface area contributed by atoms with Gasteiger partial charge < -0.3 is 14.8 Å². The summed E-state index contributed by atoms with van der Waals surface area (Å²) in [6, 6.07) is 0. The zero-order valence-electron chi connectivity index (χ0n) is 9.21. The van der Waals surface area contributed by atoms with Crippen molar-refractivity contribution < 1.29 is 14.3 Å². The Kier molecular flexibility index (Phi) is 1.75. The summed E-state index contributed by atoms with van der Waals surface area (Å²) in [5, 5.41) is 3.23. The second-order valence-corrected chi connectivity index (χ2v) is 5.41. The Hall–Kier alpha value is -0.610. The summed E-state index contributed by atoms with van der Waals surface area (Å²) >= 11 is 0. The molecule has 3 heterocycles. The molecule has 3 saturated heterocycles. The second-order valence-electron chi connectivity index (χ2n) is 5.41. The summed E-state index contributed by atoms with van der Waals surface area (Å²) in [4.78, 5) is 11.8. The largest absolute Gasteiger partial charge is 0.469 e. The normalized spacial score (nSPS) is 48.3. The molecule has 3 aliphatic heterocycles. The Labute approximate surface area is 89.3 Å². The van der Waals surface area contributed by atoms with Crippen molar-refractivity contribution in [1.82, 2.24) is 5.32 Å². The van der Waals surface area contributed by atoms with E-state index in [-0.39, 0.29) is 23.1 Å². The Bertz CT molecular complexity index is 305. The third kappa shape index (κ3) is 1.06. The fourth-order valence-electron chi connectivity index (χ4n) is 3.52. The summed E-state index contributed by atoms with van der Waals surface area (Å²) < 4.78 is 10.9. The molecule has 1 atom stereocenters. The number of rotatable bonds is 2. The molecule has 4 nitrogen and oxygen atoms in total. The van der Waals surface area contributed by atoms with Crippen LogP contribution in [0.1, 0.15) is 19.8 Å². The highest BCUT2D eigenvalue weighted by molar-refractivity contribution is 5.80. The van der Waals surface area contributed by atoms with Crippen molar-refractivity contribution in [3.63, 3.8) is 0 Å². The number of esters is 1. The van der Waals surface area contributed by atoms with Gasteiger partial charge >= 0.3 is 5.97 Å². The zero-order chi connectivity index (χ0) is 10.7. The number of fused-ring (bicyclic) bond motifs is 1. The maximum Gasteiger partial charge on any atom is 0.314 e. The molecule has 15 heavy (non-hydrogen) atoms. The molecule has 0 spiro atoms. The SMILES string of the molecule is COC(=O)C12CC(C)(C1)OC2C1CNC1. The summed E-state index contributed by atoms with van der Waals surface area (Å²) in [5.41, 5.74) is -0.384. The number of carbonyl (C=O) groups excluding carboxylic acids is 1. The van der Waals surface area contributed by atoms with Gasteiger partial charge in [0.2, 0.25) is 0 Å². The van der Waals surface area contributed by atoms with E-state index in [2.05, 4.69) is 12.2 Å². The summed E-state index contributed by atoms with van der Waals surface area (Å²) in [6.07, 6.45) is 1.76. The van der Waals surface area contributed by atoms with Crippen molar-refractivity contribution >= 4 is 5.97 Å². The predicted octanol–water partition coefficient (Wildman–Crippen LogP) is 0.316. The van der Waals surface area contributed by atoms with Gasteiger partial charge in [-0.25, -0.2) is 0 Å². The van der Waals surface area contributed by atoms with Gasteiger partial charge in [-0.3, -0.25) is 4.79 Å². The highest BCUT2D eigenvalue weighted by atomic mass is 16.6. The van der Waals surface area contributed by atoms with Crippen LogP contribution in [0.2, 0.25) is 0 Å². The molecule has 0 aromatic carbocycles. The molecule has 1 N–H and O–H groups in total. The first-order chi connectivity index (χ1) is 7.10. The number of nitrogens with one attached hydrogen (secondary N) is 1. The van der Waals surface area contributed by atoms with Gasteiger partial charge in [0.25, 0.3) is 0 Å². The average molecular weight is 211 g/mol. The number of ether oxygens (including phenoxy) is 2. The first-order valence-electron chi connectivity index (χ1n) is 5.57. The standard InChI is InChI=1S/C11H17NO3/c1-10-5-11(6-10,9(13)14-2)8(15-10)7-3-12-4-7/h7-8,12H,3-6H2,1-2H3. The number of methoxy groups -OCH3 is 1. The van der Waals surface area contributed by atoms with E-state index in [1.54, 1.807) is 0 Å². The van der Waals surface area contributed by atoms with Crippen LogP contribution in [0.5, 0.6) is 0 Å². The Balaban J connectivity index is 1.85. The van der Waals surface area contributed by atoms with Crippen LogP contribution in [0.15, 0.2) is 0 Å². The lowest BCUT2D eigenvalue weighted by atomic mass is 9.58. The van der Waals surface area contributed by atoms with Crippen LogP contribution in [0, 0.1) is 11.3 Å². The first kappa shape index (κ1) is 9.60. The minimum atomic E-state index is -0.323. The van der Waals surface area contributed by atoms with Gasteiger partial charge in [0, 0.05) is 19.0 Å². The highest BCUT2D eigenvalue weighted by Crippen LogP contribution is 2.63. The predicted molar refractivity (Wildman–Crippen MR) is 53.3 cm³/mol.